The molecule has 0 spiro atoms. The Hall–Kier alpha value is -1.63. The Morgan fingerprint density at radius 3 is 1.84 bits per heavy atom. The minimum Gasteiger partial charge on any atom is -0.354 e. The lowest BCUT2D eigenvalue weighted by atomic mass is 10.4. The summed E-state index contributed by atoms with van der Waals surface area (Å²) in [6.07, 6.45) is 1.96. The number of nitrogens with zero attached hydrogens (tertiary/aromatic N) is 4. The molecule has 0 fully saturated rings. The third-order valence-corrected chi connectivity index (χ3v) is 2.38. The van der Waals surface area contributed by atoms with Crippen molar-refractivity contribution in [2.24, 2.45) is 0 Å². The average molecular weight is 268 g/mol. The van der Waals surface area contributed by atoms with Crippen LogP contribution in [0.3, 0.4) is 0 Å². The van der Waals surface area contributed by atoms with E-state index >= 15 is 0 Å². The molecule has 7 heteroatoms. The van der Waals surface area contributed by atoms with Crippen molar-refractivity contribution in [3.8, 4) is 0 Å². The lowest BCUT2D eigenvalue weighted by Gasteiger charge is -2.19. The molecule has 0 aliphatic carbocycles. The lowest BCUT2D eigenvalue weighted by Crippen LogP contribution is -2.29. The number of rotatable bonds is 8. The molecule has 7 nitrogen and oxygen atoms in total. The highest BCUT2D eigenvalue weighted by Gasteiger charge is 2.14. The van der Waals surface area contributed by atoms with Gasteiger partial charge in [-0.1, -0.05) is 13.8 Å². The zero-order valence-corrected chi connectivity index (χ0v) is 12.1. The number of hydroxylamine groups is 1. The van der Waals surface area contributed by atoms with Crippen LogP contribution < -0.4 is 15.7 Å². The first-order valence-electron chi connectivity index (χ1n) is 6.80. The van der Waals surface area contributed by atoms with Crippen molar-refractivity contribution in [1.82, 2.24) is 15.0 Å². The van der Waals surface area contributed by atoms with E-state index in [0.717, 1.165) is 31.0 Å². The first-order valence-corrected chi connectivity index (χ1v) is 6.80. The van der Waals surface area contributed by atoms with Crippen molar-refractivity contribution in [2.45, 2.75) is 46.6 Å². The summed E-state index contributed by atoms with van der Waals surface area (Å²) in [7, 11) is 0. The molecular formula is C12H24N6O. The molecule has 0 aliphatic rings. The smallest absolute Gasteiger partial charge is 0.256 e. The summed E-state index contributed by atoms with van der Waals surface area (Å²) in [5.74, 6) is 1.21. The molecule has 1 aromatic heterocycles. The molecule has 1 heterocycles. The van der Waals surface area contributed by atoms with Gasteiger partial charge in [-0.15, -0.1) is 0 Å². The summed E-state index contributed by atoms with van der Waals surface area (Å²) < 4.78 is 0. The molecule has 0 radical (unpaired) electrons. The minimum atomic E-state index is -0.0968. The fraction of sp³-hybridized carbons (Fsp3) is 0.750. The Labute approximate surface area is 114 Å². The van der Waals surface area contributed by atoms with E-state index in [1.54, 1.807) is 0 Å². The standard InChI is InChI=1S/C12H24N6O/c1-5-7-13-10-15-11(14-8-6-2)17-12(16-10)18(19)9(3)4/h9,19H,5-8H2,1-4H3,(H2,13,14,15,16,17). The van der Waals surface area contributed by atoms with Crippen LogP contribution in [0, 0.1) is 0 Å². The molecule has 0 unspecified atom stereocenters. The molecule has 0 amide bonds. The topological polar surface area (TPSA) is 86.2 Å². The molecule has 3 N–H and O–H groups in total. The van der Waals surface area contributed by atoms with Crippen LogP contribution in [0.1, 0.15) is 40.5 Å². The van der Waals surface area contributed by atoms with Crippen molar-refractivity contribution < 1.29 is 5.21 Å². The molecule has 0 bridgehead atoms. The number of hydrogen-bond donors (Lipinski definition) is 3. The van der Waals surface area contributed by atoms with Crippen LogP contribution in [0.15, 0.2) is 0 Å². The molecule has 108 valence electrons. The second-order valence-corrected chi connectivity index (χ2v) is 4.57. The van der Waals surface area contributed by atoms with Crippen molar-refractivity contribution in [3.63, 3.8) is 0 Å². The van der Waals surface area contributed by atoms with Gasteiger partial charge in [0.05, 0.1) is 6.04 Å². The molecule has 19 heavy (non-hydrogen) atoms. The highest BCUT2D eigenvalue weighted by Crippen LogP contribution is 2.14. The average Bonchev–Trinajstić information content (AvgIpc) is 2.41. The first kappa shape index (κ1) is 15.4. The highest BCUT2D eigenvalue weighted by atomic mass is 16.5. The number of hydrogen-bond acceptors (Lipinski definition) is 7. The minimum absolute atomic E-state index is 0.0968. The summed E-state index contributed by atoms with van der Waals surface area (Å²) in [5, 5.41) is 17.2. The Bertz CT molecular complexity index is 358. The van der Waals surface area contributed by atoms with Crippen LogP contribution in [0.25, 0.3) is 0 Å². The van der Waals surface area contributed by atoms with Gasteiger partial charge in [0.25, 0.3) is 5.95 Å². The zero-order chi connectivity index (χ0) is 14.3. The third kappa shape index (κ3) is 4.86. The van der Waals surface area contributed by atoms with Crippen molar-refractivity contribution in [2.75, 3.05) is 28.8 Å². The van der Waals surface area contributed by atoms with E-state index in [-0.39, 0.29) is 12.0 Å². The number of aromatic nitrogens is 3. The third-order valence-electron chi connectivity index (χ3n) is 2.38. The van der Waals surface area contributed by atoms with Gasteiger partial charge in [0, 0.05) is 13.1 Å². The van der Waals surface area contributed by atoms with Crippen LogP contribution in [-0.4, -0.2) is 39.3 Å². The van der Waals surface area contributed by atoms with E-state index in [1.807, 2.05) is 13.8 Å². The Morgan fingerprint density at radius 1 is 1.00 bits per heavy atom. The summed E-state index contributed by atoms with van der Waals surface area (Å²) in [6, 6.07) is -0.0968. The van der Waals surface area contributed by atoms with Gasteiger partial charge in [-0.25, -0.2) is 5.06 Å². The predicted molar refractivity (Wildman–Crippen MR) is 76.8 cm³/mol. The molecule has 0 saturated heterocycles. The highest BCUT2D eigenvalue weighted by molar-refractivity contribution is 5.42. The van der Waals surface area contributed by atoms with E-state index in [0.29, 0.717) is 11.9 Å². The summed E-state index contributed by atoms with van der Waals surface area (Å²) in [4.78, 5) is 12.7. The Morgan fingerprint density at radius 2 is 1.47 bits per heavy atom. The van der Waals surface area contributed by atoms with Crippen LogP contribution >= 0.6 is 0 Å². The Balaban J connectivity index is 2.94. The quantitative estimate of drug-likeness (QED) is 0.622. The molecule has 0 aliphatic heterocycles. The molecule has 0 saturated carbocycles. The van der Waals surface area contributed by atoms with Gasteiger partial charge >= 0.3 is 0 Å². The Kier molecular flexibility index (Phi) is 6.27. The summed E-state index contributed by atoms with van der Waals surface area (Å²) in [6.45, 7) is 9.42. The fourth-order valence-corrected chi connectivity index (χ4v) is 1.33. The van der Waals surface area contributed by atoms with Crippen molar-refractivity contribution >= 4 is 17.8 Å². The van der Waals surface area contributed by atoms with E-state index in [9.17, 15) is 5.21 Å². The second-order valence-electron chi connectivity index (χ2n) is 4.57. The predicted octanol–water partition coefficient (Wildman–Crippen LogP) is 2.12. The maximum Gasteiger partial charge on any atom is 0.256 e. The largest absolute Gasteiger partial charge is 0.354 e. The number of nitrogens with one attached hydrogen (secondary N) is 2. The second kappa shape index (κ2) is 7.73. The van der Waals surface area contributed by atoms with E-state index in [2.05, 4.69) is 39.4 Å². The maximum absolute atomic E-state index is 9.92. The van der Waals surface area contributed by atoms with Crippen LogP contribution in [0.2, 0.25) is 0 Å². The van der Waals surface area contributed by atoms with Crippen molar-refractivity contribution in [3.05, 3.63) is 0 Å². The summed E-state index contributed by atoms with van der Waals surface area (Å²) in [5.41, 5.74) is 0. The van der Waals surface area contributed by atoms with Crippen LogP contribution in [0.4, 0.5) is 17.8 Å². The van der Waals surface area contributed by atoms with Gasteiger partial charge in [0.2, 0.25) is 11.9 Å². The molecule has 1 aromatic rings. The SMILES string of the molecule is CCCNc1nc(NCCC)nc(N(O)C(C)C)n1. The van der Waals surface area contributed by atoms with Gasteiger partial charge in [-0.05, 0) is 26.7 Å². The van der Waals surface area contributed by atoms with E-state index in [1.165, 1.54) is 0 Å². The van der Waals surface area contributed by atoms with Crippen molar-refractivity contribution in [1.29, 1.82) is 0 Å². The number of anilines is 3. The normalized spacial score (nSPS) is 10.6. The van der Waals surface area contributed by atoms with E-state index < -0.39 is 0 Å². The molecule has 1 rings (SSSR count). The van der Waals surface area contributed by atoms with Gasteiger partial charge in [0.15, 0.2) is 0 Å². The zero-order valence-electron chi connectivity index (χ0n) is 12.1. The first-order chi connectivity index (χ1) is 9.08. The van der Waals surface area contributed by atoms with Gasteiger partial charge in [-0.2, -0.15) is 15.0 Å². The van der Waals surface area contributed by atoms with E-state index in [4.69, 9.17) is 0 Å². The summed E-state index contributed by atoms with van der Waals surface area (Å²) >= 11 is 0. The monoisotopic (exact) mass is 268 g/mol. The van der Waals surface area contributed by atoms with Gasteiger partial charge in [0.1, 0.15) is 0 Å². The fourth-order valence-electron chi connectivity index (χ4n) is 1.33. The maximum atomic E-state index is 9.92. The lowest BCUT2D eigenvalue weighted by molar-refractivity contribution is 0.222. The molecule has 0 atom stereocenters. The van der Waals surface area contributed by atoms with Crippen LogP contribution in [-0.2, 0) is 0 Å². The van der Waals surface area contributed by atoms with Gasteiger partial charge in [-0.3, -0.25) is 5.21 Å². The van der Waals surface area contributed by atoms with Gasteiger partial charge < -0.3 is 10.6 Å². The molecule has 0 aromatic carbocycles. The molecular weight excluding hydrogens is 244 g/mol. The van der Waals surface area contributed by atoms with Crippen LogP contribution in [0.5, 0.6) is 0 Å².